The number of furan rings is 1. The molecule has 122 valence electrons. The zero-order valence-electron chi connectivity index (χ0n) is 13.3. The maximum atomic E-state index is 12.6. The van der Waals surface area contributed by atoms with Gasteiger partial charge in [0.25, 0.3) is 5.91 Å². The molecule has 0 atom stereocenters. The van der Waals surface area contributed by atoms with Crippen molar-refractivity contribution in [1.82, 2.24) is 0 Å². The predicted octanol–water partition coefficient (Wildman–Crippen LogP) is 3.14. The number of carbonyl (C=O) groups excluding carboxylic acids is 1. The minimum absolute atomic E-state index is 0.115. The number of carbonyl (C=O) groups is 2. The first-order valence-electron chi connectivity index (χ1n) is 7.20. The Labute approximate surface area is 134 Å². The molecule has 1 heterocycles. The molecule has 2 rings (SSSR count). The molecule has 0 aliphatic carbocycles. The van der Waals surface area contributed by atoms with Crippen LogP contribution in [0.5, 0.6) is 5.75 Å². The van der Waals surface area contributed by atoms with Crippen molar-refractivity contribution in [3.8, 4) is 5.75 Å². The van der Waals surface area contributed by atoms with E-state index in [0.29, 0.717) is 22.8 Å². The van der Waals surface area contributed by atoms with Crippen molar-refractivity contribution in [1.29, 1.82) is 0 Å². The summed E-state index contributed by atoms with van der Waals surface area (Å²) in [5.74, 6) is -0.000199. The Morgan fingerprint density at radius 3 is 2.43 bits per heavy atom. The zero-order chi connectivity index (χ0) is 17.0. The number of aliphatic carboxylic acids is 1. The SMILES string of the molecule is CC(C)c1occc1C(=O)N(C)c1ccc(OCC(=O)O)cc1. The largest absolute Gasteiger partial charge is 0.482 e. The number of carboxylic acids is 1. The van der Waals surface area contributed by atoms with E-state index in [2.05, 4.69) is 0 Å². The summed E-state index contributed by atoms with van der Waals surface area (Å²) in [4.78, 5) is 24.6. The number of ether oxygens (including phenoxy) is 1. The van der Waals surface area contributed by atoms with Crippen LogP contribution in [0.25, 0.3) is 0 Å². The Morgan fingerprint density at radius 1 is 1.22 bits per heavy atom. The molecule has 1 aromatic carbocycles. The quantitative estimate of drug-likeness (QED) is 0.885. The van der Waals surface area contributed by atoms with Gasteiger partial charge in [0.15, 0.2) is 6.61 Å². The molecule has 0 radical (unpaired) electrons. The van der Waals surface area contributed by atoms with Gasteiger partial charge in [0.05, 0.1) is 11.8 Å². The van der Waals surface area contributed by atoms with Gasteiger partial charge >= 0.3 is 5.97 Å². The van der Waals surface area contributed by atoms with E-state index in [4.69, 9.17) is 14.3 Å². The Hall–Kier alpha value is -2.76. The van der Waals surface area contributed by atoms with Crippen LogP contribution < -0.4 is 9.64 Å². The fraction of sp³-hybridized carbons (Fsp3) is 0.294. The summed E-state index contributed by atoms with van der Waals surface area (Å²) < 4.78 is 10.5. The van der Waals surface area contributed by atoms with Gasteiger partial charge in [-0.3, -0.25) is 4.79 Å². The number of anilines is 1. The minimum Gasteiger partial charge on any atom is -0.482 e. The van der Waals surface area contributed by atoms with Crippen LogP contribution >= 0.6 is 0 Å². The molecule has 0 aliphatic rings. The van der Waals surface area contributed by atoms with E-state index >= 15 is 0 Å². The lowest BCUT2D eigenvalue weighted by atomic mass is 10.1. The topological polar surface area (TPSA) is 80.0 Å². The van der Waals surface area contributed by atoms with E-state index in [1.54, 1.807) is 37.4 Å². The van der Waals surface area contributed by atoms with Gasteiger partial charge in [0.2, 0.25) is 0 Å². The van der Waals surface area contributed by atoms with Crippen LogP contribution in [0, 0.1) is 0 Å². The van der Waals surface area contributed by atoms with Gasteiger partial charge < -0.3 is 19.2 Å². The van der Waals surface area contributed by atoms with Crippen molar-refractivity contribution in [2.24, 2.45) is 0 Å². The van der Waals surface area contributed by atoms with Crippen molar-refractivity contribution >= 4 is 17.6 Å². The van der Waals surface area contributed by atoms with E-state index in [-0.39, 0.29) is 11.8 Å². The third-order valence-electron chi connectivity index (χ3n) is 3.34. The molecule has 6 nitrogen and oxygen atoms in total. The summed E-state index contributed by atoms with van der Waals surface area (Å²) in [6, 6.07) is 8.31. The maximum Gasteiger partial charge on any atom is 0.341 e. The summed E-state index contributed by atoms with van der Waals surface area (Å²) in [6.07, 6.45) is 1.51. The van der Waals surface area contributed by atoms with Crippen molar-refractivity contribution in [3.05, 3.63) is 47.9 Å². The van der Waals surface area contributed by atoms with Gasteiger partial charge in [-0.1, -0.05) is 13.8 Å². The second-order valence-corrected chi connectivity index (χ2v) is 5.39. The van der Waals surface area contributed by atoms with Crippen LogP contribution in [0.1, 0.15) is 35.9 Å². The fourth-order valence-corrected chi connectivity index (χ4v) is 2.15. The monoisotopic (exact) mass is 317 g/mol. The molecule has 1 amide bonds. The first-order chi connectivity index (χ1) is 10.9. The lowest BCUT2D eigenvalue weighted by Gasteiger charge is -2.18. The lowest BCUT2D eigenvalue weighted by molar-refractivity contribution is -0.139. The number of nitrogens with zero attached hydrogens (tertiary/aromatic N) is 1. The van der Waals surface area contributed by atoms with E-state index in [1.165, 1.54) is 11.2 Å². The molecule has 0 bridgehead atoms. The number of hydrogen-bond acceptors (Lipinski definition) is 4. The van der Waals surface area contributed by atoms with Gasteiger partial charge in [-0.15, -0.1) is 0 Å². The maximum absolute atomic E-state index is 12.6. The molecule has 2 aromatic rings. The van der Waals surface area contributed by atoms with Crippen LogP contribution in [-0.2, 0) is 4.79 Å². The van der Waals surface area contributed by atoms with E-state index in [9.17, 15) is 9.59 Å². The summed E-state index contributed by atoms with van der Waals surface area (Å²) in [5.41, 5.74) is 1.21. The van der Waals surface area contributed by atoms with E-state index < -0.39 is 12.6 Å². The predicted molar refractivity (Wildman–Crippen MR) is 85.1 cm³/mol. The second-order valence-electron chi connectivity index (χ2n) is 5.39. The lowest BCUT2D eigenvalue weighted by Crippen LogP contribution is -2.26. The number of benzene rings is 1. The third kappa shape index (κ3) is 3.91. The smallest absolute Gasteiger partial charge is 0.341 e. The molecule has 23 heavy (non-hydrogen) atoms. The highest BCUT2D eigenvalue weighted by molar-refractivity contribution is 6.06. The van der Waals surface area contributed by atoms with Gasteiger partial charge in [-0.05, 0) is 30.3 Å². The molecule has 0 spiro atoms. The van der Waals surface area contributed by atoms with Crippen LogP contribution in [0.15, 0.2) is 41.0 Å². The Kier molecular flexibility index (Phi) is 5.05. The molecular weight excluding hydrogens is 298 g/mol. The molecule has 0 unspecified atom stereocenters. The van der Waals surface area contributed by atoms with Gasteiger partial charge in [0, 0.05) is 18.7 Å². The first-order valence-corrected chi connectivity index (χ1v) is 7.20. The highest BCUT2D eigenvalue weighted by Crippen LogP contribution is 2.25. The Bertz CT molecular complexity index is 687. The number of carboxylic acid groups (broad SMARTS) is 1. The number of hydrogen-bond donors (Lipinski definition) is 1. The first kappa shape index (κ1) is 16.6. The van der Waals surface area contributed by atoms with Crippen molar-refractivity contribution < 1.29 is 23.8 Å². The van der Waals surface area contributed by atoms with Crippen LogP contribution in [0.4, 0.5) is 5.69 Å². The minimum atomic E-state index is -1.04. The van der Waals surface area contributed by atoms with Crippen molar-refractivity contribution in [2.45, 2.75) is 19.8 Å². The molecule has 0 saturated heterocycles. The molecule has 6 heteroatoms. The van der Waals surface area contributed by atoms with Gasteiger partial charge in [0.1, 0.15) is 11.5 Å². The van der Waals surface area contributed by atoms with Crippen molar-refractivity contribution in [2.75, 3.05) is 18.6 Å². The standard InChI is InChI=1S/C17H19NO5/c1-11(2)16-14(8-9-22-16)17(21)18(3)12-4-6-13(7-5-12)23-10-15(19)20/h4-9,11H,10H2,1-3H3,(H,19,20). The van der Waals surface area contributed by atoms with E-state index in [1.807, 2.05) is 13.8 Å². The van der Waals surface area contributed by atoms with Gasteiger partial charge in [-0.25, -0.2) is 4.79 Å². The van der Waals surface area contributed by atoms with Gasteiger partial charge in [-0.2, -0.15) is 0 Å². The molecule has 0 fully saturated rings. The average molecular weight is 317 g/mol. The summed E-state index contributed by atoms with van der Waals surface area (Å²) in [5, 5.41) is 8.58. The summed E-state index contributed by atoms with van der Waals surface area (Å²) >= 11 is 0. The summed E-state index contributed by atoms with van der Waals surface area (Å²) in [7, 11) is 1.67. The Morgan fingerprint density at radius 2 is 1.87 bits per heavy atom. The highest BCUT2D eigenvalue weighted by atomic mass is 16.5. The molecular formula is C17H19NO5. The van der Waals surface area contributed by atoms with Crippen LogP contribution in [0.3, 0.4) is 0 Å². The molecule has 0 saturated carbocycles. The average Bonchev–Trinajstić information content (AvgIpc) is 3.01. The summed E-state index contributed by atoms with van der Waals surface area (Å²) in [6.45, 7) is 3.52. The highest BCUT2D eigenvalue weighted by Gasteiger charge is 2.21. The normalized spacial score (nSPS) is 10.6. The molecule has 0 aliphatic heterocycles. The third-order valence-corrected chi connectivity index (χ3v) is 3.34. The number of amides is 1. The molecule has 1 aromatic heterocycles. The Balaban J connectivity index is 2.13. The van der Waals surface area contributed by atoms with Crippen LogP contribution in [-0.4, -0.2) is 30.6 Å². The van der Waals surface area contributed by atoms with E-state index in [0.717, 1.165) is 0 Å². The van der Waals surface area contributed by atoms with Crippen LogP contribution in [0.2, 0.25) is 0 Å². The fourth-order valence-electron chi connectivity index (χ4n) is 2.15. The second kappa shape index (κ2) is 7.00. The number of rotatable bonds is 6. The van der Waals surface area contributed by atoms with Crippen molar-refractivity contribution in [3.63, 3.8) is 0 Å². The zero-order valence-corrected chi connectivity index (χ0v) is 13.3. The molecule has 1 N–H and O–H groups in total.